The van der Waals surface area contributed by atoms with Crippen molar-refractivity contribution >= 4 is 27.5 Å². The second-order valence-electron chi connectivity index (χ2n) is 3.71. The van der Waals surface area contributed by atoms with E-state index in [1.165, 1.54) is 6.07 Å². The lowest BCUT2D eigenvalue weighted by molar-refractivity contribution is -0.115. The molecule has 0 aromatic heterocycles. The average Bonchev–Trinajstić information content (AvgIpc) is 2.21. The van der Waals surface area contributed by atoms with E-state index in [1.54, 1.807) is 12.1 Å². The molecule has 0 bridgehead atoms. The van der Waals surface area contributed by atoms with Gasteiger partial charge >= 0.3 is 0 Å². The molecule has 0 saturated heterocycles. The fourth-order valence-electron chi connectivity index (χ4n) is 1.08. The molecule has 0 aliphatic carbocycles. The first-order valence-corrected chi connectivity index (χ1v) is 5.76. The summed E-state index contributed by atoms with van der Waals surface area (Å²) < 4.78 is 13.5. The third-order valence-electron chi connectivity index (χ3n) is 1.87. The van der Waals surface area contributed by atoms with Crippen LogP contribution in [0.25, 0.3) is 0 Å². The molecule has 1 aromatic rings. The van der Waals surface area contributed by atoms with Gasteiger partial charge in [0, 0.05) is 11.7 Å². The summed E-state index contributed by atoms with van der Waals surface area (Å²) in [5, 5.41) is 5.58. The van der Waals surface area contributed by atoms with E-state index < -0.39 is 5.82 Å². The van der Waals surface area contributed by atoms with Crippen LogP contribution in [0.1, 0.15) is 13.8 Å². The molecule has 2 N–H and O–H groups in total. The Kier molecular flexibility index (Phi) is 4.89. The number of carbonyl (C=O) groups is 1. The SMILES string of the molecule is CC(C)NCC(=O)Nc1ccc(Br)c(F)c1. The molecule has 0 heterocycles. The summed E-state index contributed by atoms with van der Waals surface area (Å²) in [6, 6.07) is 4.71. The van der Waals surface area contributed by atoms with E-state index in [1.807, 2.05) is 13.8 Å². The lowest BCUT2D eigenvalue weighted by Crippen LogP contribution is -2.32. The second-order valence-corrected chi connectivity index (χ2v) is 4.57. The molecule has 5 heteroatoms. The number of benzene rings is 1. The molecule has 1 amide bonds. The Balaban J connectivity index is 2.53. The number of hydrogen-bond donors (Lipinski definition) is 2. The Morgan fingerprint density at radius 3 is 2.75 bits per heavy atom. The summed E-state index contributed by atoms with van der Waals surface area (Å²) in [5.41, 5.74) is 0.455. The largest absolute Gasteiger partial charge is 0.325 e. The molecule has 88 valence electrons. The lowest BCUT2D eigenvalue weighted by Gasteiger charge is -2.09. The maximum atomic E-state index is 13.1. The second kappa shape index (κ2) is 5.96. The number of amides is 1. The molecule has 3 nitrogen and oxygen atoms in total. The van der Waals surface area contributed by atoms with Gasteiger partial charge in [-0.1, -0.05) is 13.8 Å². The molecule has 0 unspecified atom stereocenters. The Bertz CT molecular complexity index is 382. The number of rotatable bonds is 4. The minimum atomic E-state index is -0.394. The maximum absolute atomic E-state index is 13.1. The Hall–Kier alpha value is -0.940. The van der Waals surface area contributed by atoms with Crippen molar-refractivity contribution in [2.45, 2.75) is 19.9 Å². The summed E-state index contributed by atoms with van der Waals surface area (Å²) in [7, 11) is 0. The average molecular weight is 289 g/mol. The number of carbonyl (C=O) groups excluding carboxylic acids is 1. The Labute approximate surface area is 103 Å². The molecule has 0 saturated carbocycles. The van der Waals surface area contributed by atoms with Gasteiger partial charge in [0.15, 0.2) is 0 Å². The first-order chi connectivity index (χ1) is 7.49. The third kappa shape index (κ3) is 4.28. The summed E-state index contributed by atoms with van der Waals surface area (Å²) in [4.78, 5) is 11.4. The molecule has 0 aliphatic heterocycles. The molecular formula is C11H14BrFN2O. The smallest absolute Gasteiger partial charge is 0.238 e. The molecule has 1 aromatic carbocycles. The van der Waals surface area contributed by atoms with Crippen LogP contribution < -0.4 is 10.6 Å². The normalized spacial score (nSPS) is 10.6. The summed E-state index contributed by atoms with van der Waals surface area (Å²) in [5.74, 6) is -0.579. The zero-order chi connectivity index (χ0) is 12.1. The van der Waals surface area contributed by atoms with E-state index in [2.05, 4.69) is 26.6 Å². The molecule has 0 aliphatic rings. The summed E-state index contributed by atoms with van der Waals surface area (Å²) in [6.07, 6.45) is 0. The van der Waals surface area contributed by atoms with Crippen molar-refractivity contribution in [1.29, 1.82) is 0 Å². The molecule has 1 rings (SSSR count). The van der Waals surface area contributed by atoms with Gasteiger partial charge in [-0.05, 0) is 34.1 Å². The van der Waals surface area contributed by atoms with Crippen molar-refractivity contribution in [3.63, 3.8) is 0 Å². The van der Waals surface area contributed by atoms with Crippen LogP contribution in [0.4, 0.5) is 10.1 Å². The predicted octanol–water partition coefficient (Wildman–Crippen LogP) is 2.52. The van der Waals surface area contributed by atoms with Gasteiger partial charge < -0.3 is 10.6 Å². The molecular weight excluding hydrogens is 275 g/mol. The molecule has 0 fully saturated rings. The fraction of sp³-hybridized carbons (Fsp3) is 0.364. The zero-order valence-corrected chi connectivity index (χ0v) is 10.8. The predicted molar refractivity (Wildman–Crippen MR) is 65.9 cm³/mol. The van der Waals surface area contributed by atoms with Crippen LogP contribution in [0.15, 0.2) is 22.7 Å². The van der Waals surface area contributed by atoms with Gasteiger partial charge in [0.1, 0.15) is 5.82 Å². The standard InChI is InChI=1S/C11H14BrFN2O/c1-7(2)14-6-11(16)15-8-3-4-9(12)10(13)5-8/h3-5,7,14H,6H2,1-2H3,(H,15,16). The number of anilines is 1. The number of halogens is 2. The van der Waals surface area contributed by atoms with E-state index in [0.29, 0.717) is 10.2 Å². The van der Waals surface area contributed by atoms with Gasteiger partial charge in [-0.25, -0.2) is 4.39 Å². The third-order valence-corrected chi connectivity index (χ3v) is 2.52. The van der Waals surface area contributed by atoms with Gasteiger partial charge in [-0.3, -0.25) is 4.79 Å². The summed E-state index contributed by atoms with van der Waals surface area (Å²) >= 11 is 3.05. The van der Waals surface area contributed by atoms with Crippen molar-refractivity contribution in [2.24, 2.45) is 0 Å². The van der Waals surface area contributed by atoms with Crippen molar-refractivity contribution < 1.29 is 9.18 Å². The summed E-state index contributed by atoms with van der Waals surface area (Å²) in [6.45, 7) is 4.12. The van der Waals surface area contributed by atoms with E-state index in [-0.39, 0.29) is 18.5 Å². The highest BCUT2D eigenvalue weighted by atomic mass is 79.9. The molecule has 0 spiro atoms. The van der Waals surface area contributed by atoms with Gasteiger partial charge in [-0.2, -0.15) is 0 Å². The fourth-order valence-corrected chi connectivity index (χ4v) is 1.32. The first-order valence-electron chi connectivity index (χ1n) is 4.97. The van der Waals surface area contributed by atoms with Crippen LogP contribution in [-0.2, 0) is 4.79 Å². The van der Waals surface area contributed by atoms with Gasteiger partial charge in [0.2, 0.25) is 5.91 Å². The van der Waals surface area contributed by atoms with Crippen LogP contribution in [-0.4, -0.2) is 18.5 Å². The highest BCUT2D eigenvalue weighted by molar-refractivity contribution is 9.10. The monoisotopic (exact) mass is 288 g/mol. The van der Waals surface area contributed by atoms with Crippen LogP contribution in [0.3, 0.4) is 0 Å². The lowest BCUT2D eigenvalue weighted by atomic mass is 10.3. The van der Waals surface area contributed by atoms with Crippen molar-refractivity contribution in [3.05, 3.63) is 28.5 Å². The van der Waals surface area contributed by atoms with E-state index in [4.69, 9.17) is 0 Å². The Morgan fingerprint density at radius 1 is 1.50 bits per heavy atom. The highest BCUT2D eigenvalue weighted by Gasteiger charge is 2.05. The zero-order valence-electron chi connectivity index (χ0n) is 9.18. The highest BCUT2D eigenvalue weighted by Crippen LogP contribution is 2.19. The van der Waals surface area contributed by atoms with Crippen LogP contribution >= 0.6 is 15.9 Å². The number of nitrogens with one attached hydrogen (secondary N) is 2. The van der Waals surface area contributed by atoms with E-state index in [9.17, 15) is 9.18 Å². The quantitative estimate of drug-likeness (QED) is 0.894. The van der Waals surface area contributed by atoms with Gasteiger partial charge in [0.05, 0.1) is 11.0 Å². The topological polar surface area (TPSA) is 41.1 Å². The van der Waals surface area contributed by atoms with Crippen LogP contribution in [0.5, 0.6) is 0 Å². The van der Waals surface area contributed by atoms with Crippen molar-refractivity contribution in [3.8, 4) is 0 Å². The maximum Gasteiger partial charge on any atom is 0.238 e. The molecule has 0 atom stereocenters. The first kappa shape index (κ1) is 13.1. The minimum Gasteiger partial charge on any atom is -0.325 e. The number of hydrogen-bond acceptors (Lipinski definition) is 2. The van der Waals surface area contributed by atoms with E-state index >= 15 is 0 Å². The van der Waals surface area contributed by atoms with Crippen LogP contribution in [0, 0.1) is 5.82 Å². The minimum absolute atomic E-state index is 0.185. The Morgan fingerprint density at radius 2 is 2.19 bits per heavy atom. The van der Waals surface area contributed by atoms with Crippen molar-refractivity contribution in [1.82, 2.24) is 5.32 Å². The molecule has 0 radical (unpaired) electrons. The molecule has 16 heavy (non-hydrogen) atoms. The van der Waals surface area contributed by atoms with Gasteiger partial charge in [0.25, 0.3) is 0 Å². The van der Waals surface area contributed by atoms with E-state index in [0.717, 1.165) is 0 Å². The van der Waals surface area contributed by atoms with Crippen LogP contribution in [0.2, 0.25) is 0 Å². The van der Waals surface area contributed by atoms with Crippen molar-refractivity contribution in [2.75, 3.05) is 11.9 Å². The van der Waals surface area contributed by atoms with Gasteiger partial charge in [-0.15, -0.1) is 0 Å².